The molecule has 2 aromatic carbocycles. The molecule has 2 atom stereocenters. The molecular formula is C18H12ClF3N2O4S. The van der Waals surface area contributed by atoms with E-state index >= 15 is 0 Å². The molecule has 6 nitrogen and oxygen atoms in total. The molecule has 0 radical (unpaired) electrons. The molecule has 1 N–H and O–H groups in total. The minimum absolute atomic E-state index is 0.0270. The van der Waals surface area contributed by atoms with Gasteiger partial charge in [-0.15, -0.1) is 4.99 Å². The highest BCUT2D eigenvalue weighted by Gasteiger charge is 2.38. The van der Waals surface area contributed by atoms with Crippen molar-refractivity contribution in [2.75, 3.05) is 0 Å². The van der Waals surface area contributed by atoms with Gasteiger partial charge in [-0.1, -0.05) is 41.9 Å². The average Bonchev–Trinajstić information content (AvgIpc) is 2.90. The fraction of sp³-hybridized carbons (Fsp3) is 0.167. The molecule has 2 aromatic rings. The number of aliphatic imine (C=N–C) groups is 1. The number of halogens is 4. The Kier molecular flexibility index (Phi) is 6.04. The van der Waals surface area contributed by atoms with Gasteiger partial charge in [-0.25, -0.2) is 4.79 Å². The zero-order valence-corrected chi connectivity index (χ0v) is 16.0. The SMILES string of the molecule is O=C(N=C1NC(=O)C(Cc2cccc(C(F)(F)F)c2)S1=O)Oc1ccccc1Cl. The number of carbonyl (C=O) groups is 2. The predicted octanol–water partition coefficient (Wildman–Crippen LogP) is 3.70. The zero-order valence-electron chi connectivity index (χ0n) is 14.4. The number of amides is 2. The van der Waals surface area contributed by atoms with Crippen molar-refractivity contribution in [2.45, 2.75) is 17.8 Å². The minimum atomic E-state index is -4.54. The van der Waals surface area contributed by atoms with Gasteiger partial charge in [-0.2, -0.15) is 13.2 Å². The average molecular weight is 445 g/mol. The highest BCUT2D eigenvalue weighted by Crippen LogP contribution is 2.30. The number of ether oxygens (including phenoxy) is 1. The topological polar surface area (TPSA) is 84.8 Å². The van der Waals surface area contributed by atoms with Crippen LogP contribution < -0.4 is 10.1 Å². The van der Waals surface area contributed by atoms with E-state index in [0.717, 1.165) is 12.1 Å². The molecule has 0 aliphatic carbocycles. The van der Waals surface area contributed by atoms with Crippen LogP contribution in [0.4, 0.5) is 18.0 Å². The maximum atomic E-state index is 12.8. The van der Waals surface area contributed by atoms with Crippen LogP contribution in [-0.4, -0.2) is 26.6 Å². The molecule has 1 aliphatic rings. The van der Waals surface area contributed by atoms with E-state index in [1.165, 1.54) is 24.3 Å². The van der Waals surface area contributed by atoms with Crippen LogP contribution in [0.2, 0.25) is 5.02 Å². The summed E-state index contributed by atoms with van der Waals surface area (Å²) in [5, 5.41) is 0.742. The number of alkyl halides is 3. The van der Waals surface area contributed by atoms with Gasteiger partial charge in [0.15, 0.2) is 5.75 Å². The van der Waals surface area contributed by atoms with Gasteiger partial charge in [0.05, 0.1) is 10.6 Å². The summed E-state index contributed by atoms with van der Waals surface area (Å²) in [6, 6.07) is 10.5. The lowest BCUT2D eigenvalue weighted by atomic mass is 10.1. The molecule has 0 aromatic heterocycles. The highest BCUT2D eigenvalue weighted by molar-refractivity contribution is 8.02. The normalized spacial score (nSPS) is 20.6. The van der Waals surface area contributed by atoms with Crippen molar-refractivity contribution in [3.63, 3.8) is 0 Å². The van der Waals surface area contributed by atoms with E-state index in [9.17, 15) is 27.0 Å². The second kappa shape index (κ2) is 8.34. The van der Waals surface area contributed by atoms with Gasteiger partial charge in [-0.3, -0.25) is 9.00 Å². The Hall–Kier alpha value is -2.72. The van der Waals surface area contributed by atoms with Gasteiger partial charge >= 0.3 is 12.3 Å². The van der Waals surface area contributed by atoms with Gasteiger partial charge < -0.3 is 10.1 Å². The second-order valence-corrected chi connectivity index (χ2v) is 7.85. The lowest BCUT2D eigenvalue weighted by molar-refractivity contribution is -0.137. The number of hydrogen-bond acceptors (Lipinski definition) is 4. The number of nitrogens with zero attached hydrogens (tertiary/aromatic N) is 1. The lowest BCUT2D eigenvalue weighted by Gasteiger charge is -2.10. The van der Waals surface area contributed by atoms with Crippen molar-refractivity contribution >= 4 is 39.6 Å². The monoisotopic (exact) mass is 444 g/mol. The number of benzene rings is 2. The smallest absolute Gasteiger partial charge is 0.407 e. The molecule has 0 saturated carbocycles. The van der Waals surface area contributed by atoms with Crippen molar-refractivity contribution in [1.29, 1.82) is 0 Å². The fourth-order valence-corrected chi connectivity index (χ4v) is 3.93. The summed E-state index contributed by atoms with van der Waals surface area (Å²) >= 11 is 5.86. The number of para-hydroxylation sites is 1. The predicted molar refractivity (Wildman–Crippen MR) is 100 cm³/mol. The first-order chi connectivity index (χ1) is 13.6. The summed E-state index contributed by atoms with van der Waals surface area (Å²) in [4.78, 5) is 27.5. The zero-order chi connectivity index (χ0) is 21.2. The van der Waals surface area contributed by atoms with Crippen molar-refractivity contribution in [2.24, 2.45) is 4.99 Å². The minimum Gasteiger partial charge on any atom is -0.407 e. The quantitative estimate of drug-likeness (QED) is 0.782. The van der Waals surface area contributed by atoms with Gasteiger partial charge in [0.25, 0.3) is 0 Å². The van der Waals surface area contributed by atoms with Crippen molar-refractivity contribution < 1.29 is 31.7 Å². The van der Waals surface area contributed by atoms with Crippen LogP contribution in [-0.2, 0) is 28.2 Å². The highest BCUT2D eigenvalue weighted by atomic mass is 35.5. The number of nitrogens with one attached hydrogen (secondary N) is 1. The Morgan fingerprint density at radius 2 is 1.93 bits per heavy atom. The third kappa shape index (κ3) is 5.01. The van der Waals surface area contributed by atoms with Crippen LogP contribution >= 0.6 is 11.6 Å². The van der Waals surface area contributed by atoms with Crippen LogP contribution in [0.1, 0.15) is 11.1 Å². The molecule has 0 bridgehead atoms. The van der Waals surface area contributed by atoms with Crippen molar-refractivity contribution in [1.82, 2.24) is 5.32 Å². The van der Waals surface area contributed by atoms with Crippen LogP contribution in [0.25, 0.3) is 0 Å². The van der Waals surface area contributed by atoms with Gasteiger partial charge in [-0.05, 0) is 30.2 Å². The first-order valence-corrected chi connectivity index (χ1v) is 9.67. The number of amidine groups is 1. The summed E-state index contributed by atoms with van der Waals surface area (Å²) in [6.45, 7) is 0. The molecule has 29 heavy (non-hydrogen) atoms. The van der Waals surface area contributed by atoms with Crippen LogP contribution in [0.15, 0.2) is 53.5 Å². The maximum absolute atomic E-state index is 12.8. The van der Waals surface area contributed by atoms with E-state index in [-0.39, 0.29) is 22.8 Å². The third-order valence-corrected chi connectivity index (χ3v) is 5.66. The summed E-state index contributed by atoms with van der Waals surface area (Å²) in [7, 11) is -2.07. The van der Waals surface area contributed by atoms with E-state index < -0.39 is 45.0 Å². The van der Waals surface area contributed by atoms with Crippen molar-refractivity contribution in [3.05, 3.63) is 64.7 Å². The summed E-state index contributed by atoms with van der Waals surface area (Å²) < 4.78 is 55.9. The van der Waals surface area contributed by atoms with E-state index in [4.69, 9.17) is 16.3 Å². The molecule has 0 spiro atoms. The summed E-state index contributed by atoms with van der Waals surface area (Å²) in [5.74, 6) is -0.691. The Balaban J connectivity index is 1.73. The van der Waals surface area contributed by atoms with Gasteiger partial charge in [0, 0.05) is 0 Å². The molecule has 1 saturated heterocycles. The lowest BCUT2D eigenvalue weighted by Crippen LogP contribution is -2.26. The molecule has 11 heteroatoms. The summed E-state index contributed by atoms with van der Waals surface area (Å²) in [5.41, 5.74) is -0.704. The molecule has 1 heterocycles. The van der Waals surface area contributed by atoms with Gasteiger partial charge in [0.1, 0.15) is 16.0 Å². The Morgan fingerprint density at radius 3 is 2.62 bits per heavy atom. The number of rotatable bonds is 3. The summed E-state index contributed by atoms with van der Waals surface area (Å²) in [6.07, 6.45) is -5.91. The fourth-order valence-electron chi connectivity index (χ4n) is 2.53. The Bertz CT molecular complexity index is 1030. The standard InChI is InChI=1S/C18H12ClF3N2O4S/c19-12-6-1-2-7-13(12)28-17(26)24-16-23-15(25)14(29(16)27)9-10-4-3-5-11(8-10)18(20,21)22/h1-8,14H,9H2,(H,23,24,25,26). The first kappa shape index (κ1) is 21.0. The second-order valence-electron chi connectivity index (χ2n) is 5.89. The Labute approximate surface area is 170 Å². The number of carbonyl (C=O) groups excluding carboxylic acids is 2. The molecule has 1 fully saturated rings. The molecule has 152 valence electrons. The van der Waals surface area contributed by atoms with E-state index in [2.05, 4.69) is 10.3 Å². The van der Waals surface area contributed by atoms with E-state index in [0.29, 0.717) is 0 Å². The maximum Gasteiger partial charge on any atom is 0.441 e. The molecule has 2 unspecified atom stereocenters. The van der Waals surface area contributed by atoms with Crippen LogP contribution in [0.5, 0.6) is 5.75 Å². The van der Waals surface area contributed by atoms with Gasteiger partial charge in [0.2, 0.25) is 11.1 Å². The number of hydrogen-bond donors (Lipinski definition) is 1. The van der Waals surface area contributed by atoms with E-state index in [1.807, 2.05) is 0 Å². The molecule has 1 aliphatic heterocycles. The molecule has 3 rings (SSSR count). The Morgan fingerprint density at radius 1 is 1.21 bits per heavy atom. The first-order valence-electron chi connectivity index (χ1n) is 8.08. The van der Waals surface area contributed by atoms with Crippen LogP contribution in [0, 0.1) is 0 Å². The van der Waals surface area contributed by atoms with E-state index in [1.54, 1.807) is 12.1 Å². The molecular weight excluding hydrogens is 433 g/mol. The third-order valence-electron chi connectivity index (χ3n) is 3.87. The molecule has 2 amide bonds. The largest absolute Gasteiger partial charge is 0.441 e. The van der Waals surface area contributed by atoms with Crippen molar-refractivity contribution in [3.8, 4) is 5.75 Å². The van der Waals surface area contributed by atoms with Crippen LogP contribution in [0.3, 0.4) is 0 Å².